The minimum atomic E-state index is -0.784. The molecular formula is C75H138O6. The topological polar surface area (TPSA) is 78.9 Å². The van der Waals surface area contributed by atoms with E-state index in [2.05, 4.69) is 69.4 Å². The van der Waals surface area contributed by atoms with Gasteiger partial charge in [-0.15, -0.1) is 0 Å². The summed E-state index contributed by atoms with van der Waals surface area (Å²) in [6, 6.07) is 0. The molecule has 0 fully saturated rings. The average molecular weight is 1140 g/mol. The summed E-state index contributed by atoms with van der Waals surface area (Å²) in [6.45, 7) is 6.57. The van der Waals surface area contributed by atoms with Crippen molar-refractivity contribution in [3.63, 3.8) is 0 Å². The van der Waals surface area contributed by atoms with E-state index in [1.807, 2.05) is 0 Å². The molecule has 0 rings (SSSR count). The largest absolute Gasteiger partial charge is 0.462 e. The van der Waals surface area contributed by atoms with E-state index >= 15 is 0 Å². The Morgan fingerprint density at radius 1 is 0.259 bits per heavy atom. The molecule has 1 atom stereocenters. The van der Waals surface area contributed by atoms with Crippen molar-refractivity contribution in [3.05, 3.63) is 48.6 Å². The highest BCUT2D eigenvalue weighted by atomic mass is 16.6. The fraction of sp³-hybridized carbons (Fsp3) is 0.853. The minimum Gasteiger partial charge on any atom is -0.462 e. The Hall–Kier alpha value is -2.63. The van der Waals surface area contributed by atoms with Gasteiger partial charge in [-0.05, 0) is 57.8 Å². The van der Waals surface area contributed by atoms with Crippen molar-refractivity contribution in [2.24, 2.45) is 0 Å². The summed E-state index contributed by atoms with van der Waals surface area (Å²) in [4.78, 5) is 38.3. The second-order valence-electron chi connectivity index (χ2n) is 24.5. The summed E-state index contributed by atoms with van der Waals surface area (Å²) in [5, 5.41) is 0. The van der Waals surface area contributed by atoms with E-state index in [-0.39, 0.29) is 31.1 Å². The number of hydrogen-bond acceptors (Lipinski definition) is 6. The maximum absolute atomic E-state index is 12.9. The van der Waals surface area contributed by atoms with Crippen LogP contribution in [0, 0.1) is 0 Å². The van der Waals surface area contributed by atoms with Crippen LogP contribution in [0.5, 0.6) is 0 Å². The molecule has 0 aromatic heterocycles. The van der Waals surface area contributed by atoms with Gasteiger partial charge in [-0.25, -0.2) is 0 Å². The van der Waals surface area contributed by atoms with Crippen LogP contribution in [0.1, 0.15) is 393 Å². The van der Waals surface area contributed by atoms with Gasteiger partial charge in [0, 0.05) is 19.3 Å². The Balaban J connectivity index is 4.08. The third kappa shape index (κ3) is 68.0. The SMILES string of the molecule is CC/C=C\C/C=C\C/C=C\C/C=C\CCCCCCC(=O)OC(COC(=O)CCCCCCCCCCCCCC)COC(=O)CCCCCCCCCCCCCCCCCCCCCCCCCCCCCCCCCCCC. The molecule has 0 N–H and O–H groups in total. The molecule has 6 nitrogen and oxygen atoms in total. The van der Waals surface area contributed by atoms with Crippen molar-refractivity contribution in [1.82, 2.24) is 0 Å². The predicted molar refractivity (Wildman–Crippen MR) is 353 cm³/mol. The number of unbranched alkanes of at least 4 members (excludes halogenated alkanes) is 48. The summed E-state index contributed by atoms with van der Waals surface area (Å²) in [7, 11) is 0. The molecule has 0 heterocycles. The van der Waals surface area contributed by atoms with E-state index in [4.69, 9.17) is 14.2 Å². The van der Waals surface area contributed by atoms with Crippen molar-refractivity contribution in [1.29, 1.82) is 0 Å². The Bertz CT molecular complexity index is 1400. The molecule has 0 aliphatic rings. The van der Waals surface area contributed by atoms with Crippen LogP contribution < -0.4 is 0 Å². The summed E-state index contributed by atoms with van der Waals surface area (Å²) < 4.78 is 16.9. The Morgan fingerprint density at radius 2 is 0.481 bits per heavy atom. The van der Waals surface area contributed by atoms with E-state index in [1.165, 1.54) is 257 Å². The van der Waals surface area contributed by atoms with Crippen molar-refractivity contribution in [3.8, 4) is 0 Å². The summed E-state index contributed by atoms with van der Waals surface area (Å²) in [5.74, 6) is -0.879. The molecule has 0 saturated carbocycles. The number of ether oxygens (including phenoxy) is 3. The number of allylic oxidation sites excluding steroid dienone is 8. The molecule has 6 heteroatoms. The van der Waals surface area contributed by atoms with Crippen LogP contribution in [-0.2, 0) is 28.6 Å². The van der Waals surface area contributed by atoms with Crippen LogP contribution in [0.15, 0.2) is 48.6 Å². The van der Waals surface area contributed by atoms with E-state index in [9.17, 15) is 14.4 Å². The molecule has 0 aromatic rings. The zero-order chi connectivity index (χ0) is 58.5. The molecule has 81 heavy (non-hydrogen) atoms. The number of rotatable bonds is 67. The van der Waals surface area contributed by atoms with E-state index in [1.54, 1.807) is 0 Å². The highest BCUT2D eigenvalue weighted by Crippen LogP contribution is 2.19. The number of carbonyl (C=O) groups excluding carboxylic acids is 3. The number of esters is 3. The van der Waals surface area contributed by atoms with Gasteiger partial charge in [-0.3, -0.25) is 14.4 Å². The molecule has 474 valence electrons. The third-order valence-corrected chi connectivity index (χ3v) is 16.3. The van der Waals surface area contributed by atoms with Crippen LogP contribution in [0.2, 0.25) is 0 Å². The first kappa shape index (κ1) is 78.4. The Labute approximate surface area is 505 Å². The second kappa shape index (κ2) is 69.9. The van der Waals surface area contributed by atoms with Crippen LogP contribution in [-0.4, -0.2) is 37.2 Å². The van der Waals surface area contributed by atoms with Crippen LogP contribution >= 0.6 is 0 Å². The Morgan fingerprint density at radius 3 is 0.753 bits per heavy atom. The van der Waals surface area contributed by atoms with Crippen LogP contribution in [0.4, 0.5) is 0 Å². The molecular weight excluding hydrogens is 997 g/mol. The zero-order valence-electron chi connectivity index (χ0n) is 54.6. The molecule has 0 amide bonds. The van der Waals surface area contributed by atoms with E-state index in [0.717, 1.165) is 96.3 Å². The summed E-state index contributed by atoms with van der Waals surface area (Å²) in [5.41, 5.74) is 0. The molecule has 0 bridgehead atoms. The number of carbonyl (C=O) groups is 3. The first-order valence-electron chi connectivity index (χ1n) is 36.1. The van der Waals surface area contributed by atoms with Gasteiger partial charge in [0.25, 0.3) is 0 Å². The number of hydrogen-bond donors (Lipinski definition) is 0. The first-order chi connectivity index (χ1) is 40.0. The molecule has 0 aliphatic heterocycles. The van der Waals surface area contributed by atoms with Gasteiger partial charge in [0.05, 0.1) is 0 Å². The van der Waals surface area contributed by atoms with Gasteiger partial charge in [0.1, 0.15) is 13.2 Å². The van der Waals surface area contributed by atoms with Crippen LogP contribution in [0.3, 0.4) is 0 Å². The van der Waals surface area contributed by atoms with Crippen molar-refractivity contribution in [2.45, 2.75) is 399 Å². The lowest BCUT2D eigenvalue weighted by atomic mass is 10.0. The van der Waals surface area contributed by atoms with Gasteiger partial charge in [0.2, 0.25) is 0 Å². The molecule has 0 spiro atoms. The molecule has 0 aromatic carbocycles. The lowest BCUT2D eigenvalue weighted by molar-refractivity contribution is -0.167. The van der Waals surface area contributed by atoms with E-state index < -0.39 is 6.10 Å². The predicted octanol–water partition coefficient (Wildman–Crippen LogP) is 24.9. The summed E-state index contributed by atoms with van der Waals surface area (Å²) >= 11 is 0. The lowest BCUT2D eigenvalue weighted by Crippen LogP contribution is -2.30. The van der Waals surface area contributed by atoms with Gasteiger partial charge in [-0.1, -0.05) is 365 Å². The standard InChI is InChI=1S/C75H138O6/c1-4-7-10-13-16-19-22-25-27-29-30-31-32-33-34-35-36-37-38-39-40-41-42-43-44-45-47-48-50-53-56-59-62-65-68-74(77)80-71-72(70-79-73(76)67-64-61-58-55-52-24-21-18-15-12-9-6-3)81-75(78)69-66-63-60-57-54-51-49-46-28-26-23-20-17-14-11-8-5-2/h8,11,17,20,26,28,49,51,72H,4-7,9-10,12-16,18-19,21-25,27,29-48,50,52-71H2,1-3H3/b11-8-,20-17-,28-26-,51-49-. The fourth-order valence-corrected chi connectivity index (χ4v) is 11.0. The quantitative estimate of drug-likeness (QED) is 0.0261. The van der Waals surface area contributed by atoms with Gasteiger partial charge >= 0.3 is 17.9 Å². The van der Waals surface area contributed by atoms with E-state index in [0.29, 0.717) is 19.3 Å². The van der Waals surface area contributed by atoms with Gasteiger partial charge in [-0.2, -0.15) is 0 Å². The summed E-state index contributed by atoms with van der Waals surface area (Å²) in [6.07, 6.45) is 88.9. The highest BCUT2D eigenvalue weighted by Gasteiger charge is 2.19. The van der Waals surface area contributed by atoms with Crippen molar-refractivity contribution >= 4 is 17.9 Å². The normalized spacial score (nSPS) is 12.3. The molecule has 1 unspecified atom stereocenters. The fourth-order valence-electron chi connectivity index (χ4n) is 11.0. The maximum atomic E-state index is 12.9. The highest BCUT2D eigenvalue weighted by molar-refractivity contribution is 5.71. The van der Waals surface area contributed by atoms with Crippen LogP contribution in [0.25, 0.3) is 0 Å². The first-order valence-corrected chi connectivity index (χ1v) is 36.1. The molecule has 0 aliphatic carbocycles. The lowest BCUT2D eigenvalue weighted by Gasteiger charge is -2.18. The average Bonchev–Trinajstić information content (AvgIpc) is 3.47. The zero-order valence-corrected chi connectivity index (χ0v) is 54.6. The van der Waals surface area contributed by atoms with Gasteiger partial charge < -0.3 is 14.2 Å². The Kier molecular flexibility index (Phi) is 67.6. The smallest absolute Gasteiger partial charge is 0.306 e. The van der Waals surface area contributed by atoms with Crippen molar-refractivity contribution < 1.29 is 28.6 Å². The second-order valence-corrected chi connectivity index (χ2v) is 24.5. The van der Waals surface area contributed by atoms with Gasteiger partial charge in [0.15, 0.2) is 6.10 Å². The third-order valence-electron chi connectivity index (χ3n) is 16.3. The monoisotopic (exact) mass is 1140 g/mol. The minimum absolute atomic E-state index is 0.0784. The van der Waals surface area contributed by atoms with Crippen molar-refractivity contribution in [2.75, 3.05) is 13.2 Å². The molecule has 0 radical (unpaired) electrons. The molecule has 0 saturated heterocycles. The maximum Gasteiger partial charge on any atom is 0.306 e.